The Morgan fingerprint density at radius 3 is 2.71 bits per heavy atom. The zero-order chi connectivity index (χ0) is 14.7. The SMILES string of the molecule is CN=C(NCc1ccc(OC)cc1)NC1CC2CCC1O2. The Kier molecular flexibility index (Phi) is 4.29. The highest BCUT2D eigenvalue weighted by Crippen LogP contribution is 2.34. The molecule has 0 radical (unpaired) electrons. The van der Waals surface area contributed by atoms with E-state index in [9.17, 15) is 0 Å². The van der Waals surface area contributed by atoms with Gasteiger partial charge in [-0.25, -0.2) is 0 Å². The van der Waals surface area contributed by atoms with Crippen molar-refractivity contribution in [1.29, 1.82) is 0 Å². The fourth-order valence-electron chi connectivity index (χ4n) is 3.09. The van der Waals surface area contributed by atoms with Crippen molar-refractivity contribution in [3.8, 4) is 5.75 Å². The molecule has 0 aliphatic carbocycles. The lowest BCUT2D eigenvalue weighted by Gasteiger charge is -2.22. The van der Waals surface area contributed by atoms with E-state index in [4.69, 9.17) is 9.47 Å². The molecule has 0 spiro atoms. The third kappa shape index (κ3) is 3.29. The molecule has 1 aromatic carbocycles. The van der Waals surface area contributed by atoms with Crippen LogP contribution >= 0.6 is 0 Å². The fraction of sp³-hybridized carbons (Fsp3) is 0.562. The lowest BCUT2D eigenvalue weighted by Crippen LogP contribution is -2.47. The summed E-state index contributed by atoms with van der Waals surface area (Å²) in [7, 11) is 3.48. The maximum absolute atomic E-state index is 5.86. The summed E-state index contributed by atoms with van der Waals surface area (Å²) in [5.74, 6) is 1.72. The molecule has 2 aliphatic heterocycles. The van der Waals surface area contributed by atoms with Gasteiger partial charge in [0.05, 0.1) is 25.4 Å². The summed E-state index contributed by atoms with van der Waals surface area (Å²) in [6, 6.07) is 8.44. The predicted octanol–water partition coefficient (Wildman–Crippen LogP) is 1.68. The number of guanidine groups is 1. The van der Waals surface area contributed by atoms with E-state index in [1.807, 2.05) is 12.1 Å². The van der Waals surface area contributed by atoms with Gasteiger partial charge in [0, 0.05) is 13.6 Å². The maximum atomic E-state index is 5.86. The molecule has 2 bridgehead atoms. The van der Waals surface area contributed by atoms with Gasteiger partial charge in [-0.1, -0.05) is 12.1 Å². The zero-order valence-corrected chi connectivity index (χ0v) is 12.6. The summed E-state index contributed by atoms with van der Waals surface area (Å²) in [6.45, 7) is 0.741. The van der Waals surface area contributed by atoms with Crippen LogP contribution < -0.4 is 15.4 Å². The first-order valence-corrected chi connectivity index (χ1v) is 7.54. The van der Waals surface area contributed by atoms with E-state index < -0.39 is 0 Å². The summed E-state index contributed by atoms with van der Waals surface area (Å²) in [5, 5.41) is 6.83. The number of hydrogen-bond donors (Lipinski definition) is 2. The normalized spacial score (nSPS) is 27.7. The Morgan fingerprint density at radius 2 is 2.14 bits per heavy atom. The Labute approximate surface area is 125 Å². The van der Waals surface area contributed by atoms with E-state index in [1.165, 1.54) is 12.0 Å². The Balaban J connectivity index is 1.50. The van der Waals surface area contributed by atoms with Gasteiger partial charge in [-0.2, -0.15) is 0 Å². The number of hydrogen-bond acceptors (Lipinski definition) is 3. The summed E-state index contributed by atoms with van der Waals surface area (Å²) in [4.78, 5) is 4.30. The number of aliphatic imine (C=N–C) groups is 1. The van der Waals surface area contributed by atoms with Gasteiger partial charge in [0.15, 0.2) is 5.96 Å². The van der Waals surface area contributed by atoms with E-state index in [1.54, 1.807) is 14.2 Å². The Hall–Kier alpha value is -1.75. The number of ether oxygens (including phenoxy) is 2. The second kappa shape index (κ2) is 6.35. The number of rotatable bonds is 4. The molecule has 0 aromatic heterocycles. The van der Waals surface area contributed by atoms with Gasteiger partial charge < -0.3 is 20.1 Å². The first-order valence-electron chi connectivity index (χ1n) is 7.54. The molecule has 0 amide bonds. The van der Waals surface area contributed by atoms with Crippen LogP contribution in [0.5, 0.6) is 5.75 Å². The molecule has 5 nitrogen and oxygen atoms in total. The van der Waals surface area contributed by atoms with Gasteiger partial charge in [0.25, 0.3) is 0 Å². The smallest absolute Gasteiger partial charge is 0.191 e. The average molecular weight is 289 g/mol. The fourth-order valence-corrected chi connectivity index (χ4v) is 3.09. The summed E-state index contributed by atoms with van der Waals surface area (Å²) < 4.78 is 11.0. The van der Waals surface area contributed by atoms with Crippen LogP contribution in [0.3, 0.4) is 0 Å². The molecule has 0 saturated carbocycles. The lowest BCUT2D eigenvalue weighted by atomic mass is 9.96. The van der Waals surface area contributed by atoms with Crippen LogP contribution in [0.15, 0.2) is 29.3 Å². The van der Waals surface area contributed by atoms with E-state index in [2.05, 4.69) is 27.8 Å². The molecule has 3 rings (SSSR count). The van der Waals surface area contributed by atoms with Crippen molar-refractivity contribution in [2.75, 3.05) is 14.2 Å². The van der Waals surface area contributed by atoms with Crippen LogP contribution in [-0.4, -0.2) is 38.4 Å². The highest BCUT2D eigenvalue weighted by Gasteiger charge is 2.41. The third-order valence-corrected chi connectivity index (χ3v) is 4.27. The predicted molar refractivity (Wildman–Crippen MR) is 82.6 cm³/mol. The minimum atomic E-state index is 0.356. The van der Waals surface area contributed by atoms with Gasteiger partial charge in [-0.15, -0.1) is 0 Å². The average Bonchev–Trinajstić information content (AvgIpc) is 3.14. The molecular formula is C16H23N3O2. The Morgan fingerprint density at radius 1 is 1.33 bits per heavy atom. The minimum absolute atomic E-state index is 0.356. The van der Waals surface area contributed by atoms with Gasteiger partial charge in [-0.3, -0.25) is 4.99 Å². The highest BCUT2D eigenvalue weighted by molar-refractivity contribution is 5.80. The second-order valence-corrected chi connectivity index (χ2v) is 5.63. The number of nitrogens with one attached hydrogen (secondary N) is 2. The van der Waals surface area contributed by atoms with E-state index in [-0.39, 0.29) is 0 Å². The topological polar surface area (TPSA) is 54.9 Å². The molecule has 2 fully saturated rings. The molecule has 2 N–H and O–H groups in total. The summed E-state index contributed by atoms with van der Waals surface area (Å²) in [6.07, 6.45) is 4.27. The quantitative estimate of drug-likeness (QED) is 0.654. The lowest BCUT2D eigenvalue weighted by molar-refractivity contribution is 0.0992. The number of benzene rings is 1. The molecule has 2 saturated heterocycles. The first-order chi connectivity index (χ1) is 10.3. The van der Waals surface area contributed by atoms with E-state index >= 15 is 0 Å². The van der Waals surface area contributed by atoms with Crippen LogP contribution in [0, 0.1) is 0 Å². The molecule has 5 heteroatoms. The molecule has 21 heavy (non-hydrogen) atoms. The van der Waals surface area contributed by atoms with Crippen LogP contribution in [-0.2, 0) is 11.3 Å². The number of nitrogens with zero attached hydrogens (tertiary/aromatic N) is 1. The van der Waals surface area contributed by atoms with Crippen LogP contribution in [0.2, 0.25) is 0 Å². The maximum Gasteiger partial charge on any atom is 0.191 e. The zero-order valence-electron chi connectivity index (χ0n) is 12.6. The van der Waals surface area contributed by atoms with Gasteiger partial charge in [0.1, 0.15) is 5.75 Å². The molecule has 2 aliphatic rings. The van der Waals surface area contributed by atoms with E-state index in [0.29, 0.717) is 18.2 Å². The van der Waals surface area contributed by atoms with Crippen molar-refractivity contribution in [2.24, 2.45) is 4.99 Å². The molecule has 3 atom stereocenters. The van der Waals surface area contributed by atoms with Gasteiger partial charge in [0.2, 0.25) is 0 Å². The van der Waals surface area contributed by atoms with Crippen LogP contribution in [0.4, 0.5) is 0 Å². The Bertz CT molecular complexity index is 501. The monoisotopic (exact) mass is 289 g/mol. The van der Waals surface area contributed by atoms with Crippen LogP contribution in [0.1, 0.15) is 24.8 Å². The van der Waals surface area contributed by atoms with E-state index in [0.717, 1.165) is 31.1 Å². The van der Waals surface area contributed by atoms with Gasteiger partial charge >= 0.3 is 0 Å². The number of fused-ring (bicyclic) bond motifs is 2. The largest absolute Gasteiger partial charge is 0.497 e. The summed E-state index contributed by atoms with van der Waals surface area (Å²) in [5.41, 5.74) is 1.20. The molecular weight excluding hydrogens is 266 g/mol. The van der Waals surface area contributed by atoms with Crippen molar-refractivity contribution in [3.63, 3.8) is 0 Å². The van der Waals surface area contributed by atoms with Gasteiger partial charge in [-0.05, 0) is 37.0 Å². The molecule has 2 heterocycles. The van der Waals surface area contributed by atoms with Crippen molar-refractivity contribution in [3.05, 3.63) is 29.8 Å². The minimum Gasteiger partial charge on any atom is -0.497 e. The molecule has 1 aromatic rings. The molecule has 3 unspecified atom stereocenters. The van der Waals surface area contributed by atoms with Crippen molar-refractivity contribution in [1.82, 2.24) is 10.6 Å². The first kappa shape index (κ1) is 14.2. The second-order valence-electron chi connectivity index (χ2n) is 5.63. The summed E-state index contributed by atoms with van der Waals surface area (Å²) >= 11 is 0. The third-order valence-electron chi connectivity index (χ3n) is 4.27. The van der Waals surface area contributed by atoms with Crippen molar-refractivity contribution in [2.45, 2.75) is 44.1 Å². The standard InChI is InChI=1S/C16H23N3O2/c1-17-16(19-14-9-13-7-8-15(14)21-13)18-10-11-3-5-12(20-2)6-4-11/h3-6,13-15H,7-10H2,1-2H3,(H2,17,18,19). The number of methoxy groups -OCH3 is 1. The van der Waals surface area contributed by atoms with Crippen molar-refractivity contribution < 1.29 is 9.47 Å². The van der Waals surface area contributed by atoms with Crippen LogP contribution in [0.25, 0.3) is 0 Å². The highest BCUT2D eigenvalue weighted by atomic mass is 16.5. The van der Waals surface area contributed by atoms with Crippen molar-refractivity contribution >= 4 is 5.96 Å². The molecule has 114 valence electrons.